The topological polar surface area (TPSA) is 72.9 Å². The largest absolute Gasteiger partial charge is 0.376 e. The molecule has 3 atom stereocenters. The van der Waals surface area contributed by atoms with E-state index in [1.807, 2.05) is 0 Å². The summed E-state index contributed by atoms with van der Waals surface area (Å²) in [6, 6.07) is -0.262. The lowest BCUT2D eigenvalue weighted by atomic mass is 10.1. The van der Waals surface area contributed by atoms with Crippen LogP contribution in [-0.4, -0.2) is 68.7 Å². The normalized spacial score (nSPS) is 27.7. The molecule has 0 spiro atoms. The fraction of sp³-hybridized carbons (Fsp3) is 0.812. The van der Waals surface area contributed by atoms with E-state index in [0.717, 1.165) is 12.8 Å². The third-order valence-corrected chi connectivity index (χ3v) is 6.14. The summed E-state index contributed by atoms with van der Waals surface area (Å²) in [6.45, 7) is 6.95. The van der Waals surface area contributed by atoms with E-state index in [1.165, 1.54) is 0 Å². The monoisotopic (exact) mass is 345 g/mol. The first-order valence-corrected chi connectivity index (χ1v) is 10.1. The Hall–Kier alpha value is -0.920. The van der Waals surface area contributed by atoms with Crippen LogP contribution in [0.4, 0.5) is 0 Å². The van der Waals surface area contributed by atoms with Gasteiger partial charge in [-0.2, -0.15) is 0 Å². The lowest BCUT2D eigenvalue weighted by molar-refractivity contribution is -0.146. The van der Waals surface area contributed by atoms with Crippen molar-refractivity contribution in [3.63, 3.8) is 0 Å². The maximum absolute atomic E-state index is 12.7. The molecule has 2 rings (SSSR count). The van der Waals surface area contributed by atoms with Crippen LogP contribution in [0, 0.1) is 0 Å². The molecule has 0 bridgehead atoms. The summed E-state index contributed by atoms with van der Waals surface area (Å²) in [5.74, 6) is 0.0513. The van der Waals surface area contributed by atoms with Gasteiger partial charge in [0.05, 0.1) is 24.2 Å². The molecule has 0 aromatic heterocycles. The molecule has 7 heteroatoms. The van der Waals surface area contributed by atoms with Gasteiger partial charge in [-0.1, -0.05) is 6.08 Å². The number of hydrogen-bond acceptors (Lipinski definition) is 5. The summed E-state index contributed by atoms with van der Waals surface area (Å²) in [5.41, 5.74) is 0. The molecule has 0 N–H and O–H groups in total. The van der Waals surface area contributed by atoms with Crippen molar-refractivity contribution < 1.29 is 22.7 Å². The van der Waals surface area contributed by atoms with Crippen molar-refractivity contribution >= 4 is 15.7 Å². The molecule has 3 unspecified atom stereocenters. The van der Waals surface area contributed by atoms with Crippen molar-refractivity contribution in [2.75, 3.05) is 31.3 Å². The van der Waals surface area contributed by atoms with Crippen LogP contribution in [0.2, 0.25) is 0 Å². The van der Waals surface area contributed by atoms with E-state index in [1.54, 1.807) is 17.9 Å². The number of sulfone groups is 1. The number of nitrogens with zero attached hydrogens (tertiary/aromatic N) is 1. The number of hydrogen-bond donors (Lipinski definition) is 0. The molecule has 0 aromatic carbocycles. The zero-order valence-corrected chi connectivity index (χ0v) is 14.6. The Kier molecular flexibility index (Phi) is 6.61. The maximum atomic E-state index is 12.7. The molecule has 2 aliphatic heterocycles. The highest BCUT2D eigenvalue weighted by atomic mass is 32.2. The van der Waals surface area contributed by atoms with Gasteiger partial charge in [-0.15, -0.1) is 6.58 Å². The third kappa shape index (κ3) is 5.29. The number of amides is 1. The maximum Gasteiger partial charge on any atom is 0.251 e. The highest BCUT2D eigenvalue weighted by Gasteiger charge is 2.37. The van der Waals surface area contributed by atoms with Crippen LogP contribution < -0.4 is 0 Å². The van der Waals surface area contributed by atoms with Gasteiger partial charge in [0.25, 0.3) is 5.91 Å². The van der Waals surface area contributed by atoms with E-state index in [2.05, 4.69) is 6.58 Å². The lowest BCUT2D eigenvalue weighted by Crippen LogP contribution is -2.49. The Bertz CT molecular complexity index is 513. The van der Waals surface area contributed by atoms with Crippen LogP contribution in [0.25, 0.3) is 0 Å². The second-order valence-corrected chi connectivity index (χ2v) is 8.50. The number of ether oxygens (including phenoxy) is 2. The fourth-order valence-electron chi connectivity index (χ4n) is 3.08. The molecule has 2 fully saturated rings. The van der Waals surface area contributed by atoms with E-state index in [4.69, 9.17) is 9.47 Å². The summed E-state index contributed by atoms with van der Waals surface area (Å²) in [5, 5.41) is 0. The van der Waals surface area contributed by atoms with Gasteiger partial charge in [0.2, 0.25) is 0 Å². The molecule has 0 aromatic rings. The Morgan fingerprint density at radius 3 is 2.83 bits per heavy atom. The van der Waals surface area contributed by atoms with Gasteiger partial charge in [0.15, 0.2) is 9.84 Å². The van der Waals surface area contributed by atoms with Crippen LogP contribution >= 0.6 is 0 Å². The molecule has 2 aliphatic rings. The van der Waals surface area contributed by atoms with Gasteiger partial charge in [-0.3, -0.25) is 4.79 Å². The Morgan fingerprint density at radius 2 is 2.26 bits per heavy atom. The van der Waals surface area contributed by atoms with Crippen LogP contribution in [0.15, 0.2) is 12.7 Å². The summed E-state index contributed by atoms with van der Waals surface area (Å²) >= 11 is 0. The summed E-state index contributed by atoms with van der Waals surface area (Å²) < 4.78 is 34.7. The van der Waals surface area contributed by atoms with Gasteiger partial charge in [0.1, 0.15) is 6.10 Å². The standard InChI is InChI=1S/C16H27NO5S/c1-3-4-8-21-13(2)16(18)17(11-15-6-5-9-22-15)14-7-10-23(19,20)12-14/h3,13-15H,1,4-12H2,2H3. The average molecular weight is 345 g/mol. The van der Waals surface area contributed by atoms with E-state index >= 15 is 0 Å². The second-order valence-electron chi connectivity index (χ2n) is 6.27. The van der Waals surface area contributed by atoms with E-state index < -0.39 is 15.9 Å². The molecule has 2 heterocycles. The van der Waals surface area contributed by atoms with Crippen molar-refractivity contribution in [1.82, 2.24) is 4.90 Å². The van der Waals surface area contributed by atoms with Gasteiger partial charge in [-0.25, -0.2) is 8.42 Å². The minimum Gasteiger partial charge on any atom is -0.376 e. The average Bonchev–Trinajstić information content (AvgIpc) is 3.13. The lowest BCUT2D eigenvalue weighted by Gasteiger charge is -2.32. The first-order valence-electron chi connectivity index (χ1n) is 8.28. The van der Waals surface area contributed by atoms with Gasteiger partial charge in [0, 0.05) is 19.2 Å². The van der Waals surface area contributed by atoms with Crippen molar-refractivity contribution in [2.24, 2.45) is 0 Å². The van der Waals surface area contributed by atoms with E-state index in [0.29, 0.717) is 32.6 Å². The number of rotatable bonds is 8. The molecule has 132 valence electrons. The minimum absolute atomic E-state index is 0.00243. The molecule has 0 radical (unpaired) electrons. The smallest absolute Gasteiger partial charge is 0.251 e. The molecular formula is C16H27NO5S. The zero-order chi connectivity index (χ0) is 16.9. The van der Waals surface area contributed by atoms with Gasteiger partial charge < -0.3 is 14.4 Å². The van der Waals surface area contributed by atoms with Gasteiger partial charge in [-0.05, 0) is 32.6 Å². The van der Waals surface area contributed by atoms with Crippen LogP contribution in [0.3, 0.4) is 0 Å². The molecular weight excluding hydrogens is 318 g/mol. The van der Waals surface area contributed by atoms with E-state index in [9.17, 15) is 13.2 Å². The SMILES string of the molecule is C=CCCOC(C)C(=O)N(CC1CCCO1)C1CCS(=O)(=O)C1. The molecule has 23 heavy (non-hydrogen) atoms. The minimum atomic E-state index is -3.04. The Labute approximate surface area is 138 Å². The molecule has 2 saturated heterocycles. The Morgan fingerprint density at radius 1 is 1.48 bits per heavy atom. The molecule has 6 nitrogen and oxygen atoms in total. The van der Waals surface area contributed by atoms with Crippen LogP contribution in [-0.2, 0) is 24.1 Å². The quantitative estimate of drug-likeness (QED) is 0.488. The van der Waals surface area contributed by atoms with Crippen molar-refractivity contribution in [1.29, 1.82) is 0 Å². The number of carbonyl (C=O) groups is 1. The van der Waals surface area contributed by atoms with Gasteiger partial charge >= 0.3 is 0 Å². The summed E-state index contributed by atoms with van der Waals surface area (Å²) in [4.78, 5) is 14.4. The fourth-order valence-corrected chi connectivity index (χ4v) is 4.81. The van der Waals surface area contributed by atoms with Crippen molar-refractivity contribution in [2.45, 2.75) is 50.9 Å². The first kappa shape index (κ1) is 18.4. The second kappa shape index (κ2) is 8.26. The highest BCUT2D eigenvalue weighted by molar-refractivity contribution is 7.91. The first-order chi connectivity index (χ1) is 10.9. The molecule has 0 aliphatic carbocycles. The van der Waals surface area contributed by atoms with Crippen molar-refractivity contribution in [3.05, 3.63) is 12.7 Å². The summed E-state index contributed by atoms with van der Waals surface area (Å²) in [6.07, 6.45) is 4.24. The van der Waals surface area contributed by atoms with Crippen LogP contribution in [0.5, 0.6) is 0 Å². The predicted octanol–water partition coefficient (Wildman–Crippen LogP) is 1.16. The molecule has 1 amide bonds. The molecule has 0 saturated carbocycles. The third-order valence-electron chi connectivity index (χ3n) is 4.39. The predicted molar refractivity (Wildman–Crippen MR) is 88.0 cm³/mol. The van der Waals surface area contributed by atoms with E-state index in [-0.39, 0.29) is 29.6 Å². The number of carbonyl (C=O) groups excluding carboxylic acids is 1. The van der Waals surface area contributed by atoms with Crippen molar-refractivity contribution in [3.8, 4) is 0 Å². The highest BCUT2D eigenvalue weighted by Crippen LogP contribution is 2.22. The summed E-state index contributed by atoms with van der Waals surface area (Å²) in [7, 11) is -3.04. The van der Waals surface area contributed by atoms with Crippen LogP contribution in [0.1, 0.15) is 32.6 Å². The Balaban J connectivity index is 2.02. The zero-order valence-electron chi connectivity index (χ0n) is 13.8.